The van der Waals surface area contributed by atoms with E-state index >= 15 is 0 Å². The van der Waals surface area contributed by atoms with Gasteiger partial charge in [-0.2, -0.15) is 16.8 Å². The molecule has 1 aromatic carbocycles. The van der Waals surface area contributed by atoms with Gasteiger partial charge in [-0.25, -0.2) is 9.32 Å². The van der Waals surface area contributed by atoms with E-state index in [1.165, 1.54) is 0 Å². The molecule has 1 rings (SSSR count). The zero-order chi connectivity index (χ0) is 15.4. The summed E-state index contributed by atoms with van der Waals surface area (Å²) in [5.41, 5.74) is 2.17. The summed E-state index contributed by atoms with van der Waals surface area (Å²) in [5.74, 6) is 0. The first-order valence-electron chi connectivity index (χ1n) is 5.44. The molecule has 20 heavy (non-hydrogen) atoms. The largest absolute Gasteiger partial charge is 0.397 e. The van der Waals surface area contributed by atoms with Gasteiger partial charge in [0.15, 0.2) is 0 Å². The first-order valence-corrected chi connectivity index (χ1v) is 8.28. The van der Waals surface area contributed by atoms with Crippen LogP contribution in [0.25, 0.3) is 0 Å². The van der Waals surface area contributed by atoms with Crippen LogP contribution in [0.5, 0.6) is 0 Å². The van der Waals surface area contributed by atoms with Crippen LogP contribution in [-0.4, -0.2) is 28.0 Å². The average molecular weight is 325 g/mol. The van der Waals surface area contributed by atoms with E-state index in [2.05, 4.69) is 8.37 Å². The van der Waals surface area contributed by atoms with Gasteiger partial charge in [0.05, 0.1) is 13.2 Å². The van der Waals surface area contributed by atoms with Crippen LogP contribution < -0.4 is 5.14 Å². The van der Waals surface area contributed by atoms with E-state index in [0.29, 0.717) is 5.56 Å². The Morgan fingerprint density at radius 2 is 1.85 bits per heavy atom. The van der Waals surface area contributed by atoms with Gasteiger partial charge in [-0.1, -0.05) is 18.2 Å². The fraction of sp³-hybridized carbons (Fsp3) is 0.400. The Morgan fingerprint density at radius 3 is 2.40 bits per heavy atom. The van der Waals surface area contributed by atoms with Gasteiger partial charge in [0, 0.05) is 0 Å². The normalized spacial score (nSPS) is 12.6. The summed E-state index contributed by atoms with van der Waals surface area (Å²) in [6, 6.07) is 5.03. The van der Waals surface area contributed by atoms with Crippen molar-refractivity contribution in [2.45, 2.75) is 20.0 Å². The Hall–Kier alpha value is -1.04. The highest BCUT2D eigenvalue weighted by molar-refractivity contribution is 7.84. The number of benzene rings is 1. The molecule has 0 heterocycles. The molecule has 0 aromatic heterocycles. The highest BCUT2D eigenvalue weighted by atomic mass is 32.3. The second-order valence-electron chi connectivity index (χ2n) is 4.02. The zero-order valence-corrected chi connectivity index (χ0v) is 12.3. The molecule has 8 nitrogen and oxygen atoms in total. The summed E-state index contributed by atoms with van der Waals surface area (Å²) in [6.07, 6.45) is 0.231. The van der Waals surface area contributed by atoms with Gasteiger partial charge in [0.2, 0.25) is 0 Å². The molecule has 0 bridgehead atoms. The highest BCUT2D eigenvalue weighted by Gasteiger charge is 2.08. The maximum absolute atomic E-state index is 10.7. The summed E-state index contributed by atoms with van der Waals surface area (Å²) >= 11 is 0. The molecular formula is C10H15NO7S2. The van der Waals surface area contributed by atoms with E-state index in [1.54, 1.807) is 25.1 Å². The summed E-state index contributed by atoms with van der Waals surface area (Å²) in [7, 11) is -8.49. The van der Waals surface area contributed by atoms with Crippen LogP contribution in [0, 0.1) is 6.92 Å². The number of hydrogen-bond donors (Lipinski definition) is 2. The van der Waals surface area contributed by atoms with Crippen molar-refractivity contribution in [2.24, 2.45) is 5.14 Å². The minimum atomic E-state index is -4.47. The summed E-state index contributed by atoms with van der Waals surface area (Å²) in [4.78, 5) is 0. The molecule has 114 valence electrons. The second kappa shape index (κ2) is 6.61. The SMILES string of the molecule is Cc1ccc(COS(N)(=O)=O)cc1CCOS(=O)(=O)O. The molecular weight excluding hydrogens is 310 g/mol. The molecule has 0 saturated heterocycles. The van der Waals surface area contributed by atoms with Crippen LogP contribution >= 0.6 is 0 Å². The molecule has 0 aliphatic rings. The van der Waals surface area contributed by atoms with Gasteiger partial charge < -0.3 is 0 Å². The van der Waals surface area contributed by atoms with Crippen LogP contribution in [0.4, 0.5) is 0 Å². The zero-order valence-electron chi connectivity index (χ0n) is 10.6. The molecule has 0 aliphatic carbocycles. The van der Waals surface area contributed by atoms with Crippen molar-refractivity contribution in [1.82, 2.24) is 0 Å². The molecule has 0 fully saturated rings. The Balaban J connectivity index is 2.71. The van der Waals surface area contributed by atoms with E-state index in [4.69, 9.17) is 9.69 Å². The number of nitrogens with two attached hydrogens (primary N) is 1. The van der Waals surface area contributed by atoms with Crippen molar-refractivity contribution in [2.75, 3.05) is 6.61 Å². The standard InChI is InChI=1S/C10H15NO7S2/c1-8-2-3-9(7-18-19(11,12)13)6-10(8)4-5-17-20(14,15)16/h2-3,6H,4-5,7H2,1H3,(H2,11,12,13)(H,14,15,16). The lowest BCUT2D eigenvalue weighted by Crippen LogP contribution is -2.15. The monoisotopic (exact) mass is 325 g/mol. The molecule has 0 unspecified atom stereocenters. The van der Waals surface area contributed by atoms with Gasteiger partial charge in [-0.05, 0) is 30.0 Å². The number of hydrogen-bond acceptors (Lipinski definition) is 6. The van der Waals surface area contributed by atoms with Crippen LogP contribution in [0.15, 0.2) is 18.2 Å². The van der Waals surface area contributed by atoms with Crippen LogP contribution in [0.3, 0.4) is 0 Å². The Labute approximate surface area is 117 Å². The third-order valence-electron chi connectivity index (χ3n) is 2.41. The van der Waals surface area contributed by atoms with E-state index < -0.39 is 20.7 Å². The first kappa shape index (κ1) is 17.0. The van der Waals surface area contributed by atoms with Crippen molar-refractivity contribution in [3.05, 3.63) is 34.9 Å². The Morgan fingerprint density at radius 1 is 1.20 bits per heavy atom. The van der Waals surface area contributed by atoms with Crippen molar-refractivity contribution in [3.63, 3.8) is 0 Å². The van der Waals surface area contributed by atoms with Crippen molar-refractivity contribution in [1.29, 1.82) is 0 Å². The topological polar surface area (TPSA) is 133 Å². The molecule has 0 spiro atoms. The summed E-state index contributed by atoms with van der Waals surface area (Å²) < 4.78 is 59.3. The molecule has 0 aliphatic heterocycles. The Bertz CT molecular complexity index is 667. The highest BCUT2D eigenvalue weighted by Crippen LogP contribution is 2.13. The van der Waals surface area contributed by atoms with Gasteiger partial charge in [0.25, 0.3) is 0 Å². The third kappa shape index (κ3) is 6.93. The van der Waals surface area contributed by atoms with Crippen LogP contribution in [-0.2, 0) is 42.1 Å². The minimum Gasteiger partial charge on any atom is -0.264 e. The van der Waals surface area contributed by atoms with Gasteiger partial charge in [-0.3, -0.25) is 8.74 Å². The van der Waals surface area contributed by atoms with Gasteiger partial charge in [-0.15, -0.1) is 0 Å². The summed E-state index contributed by atoms with van der Waals surface area (Å²) in [6.45, 7) is 1.36. The fourth-order valence-electron chi connectivity index (χ4n) is 1.49. The van der Waals surface area contributed by atoms with Gasteiger partial charge >= 0.3 is 20.7 Å². The average Bonchev–Trinajstić information content (AvgIpc) is 2.27. The molecule has 3 N–H and O–H groups in total. The first-order chi connectivity index (χ1) is 9.07. The smallest absolute Gasteiger partial charge is 0.264 e. The minimum absolute atomic E-state index is 0.217. The lowest BCUT2D eigenvalue weighted by molar-refractivity contribution is 0.271. The second-order valence-corrected chi connectivity index (χ2v) is 6.33. The van der Waals surface area contributed by atoms with Gasteiger partial charge in [0.1, 0.15) is 0 Å². The van der Waals surface area contributed by atoms with E-state index in [0.717, 1.165) is 11.1 Å². The van der Waals surface area contributed by atoms with E-state index in [1.807, 2.05) is 0 Å². The quantitative estimate of drug-likeness (QED) is 0.678. The maximum atomic E-state index is 10.7. The van der Waals surface area contributed by atoms with Crippen molar-refractivity contribution < 1.29 is 29.8 Å². The van der Waals surface area contributed by atoms with Crippen LogP contribution in [0.2, 0.25) is 0 Å². The van der Waals surface area contributed by atoms with Crippen molar-refractivity contribution >= 4 is 20.7 Å². The molecule has 1 aromatic rings. The predicted molar refractivity (Wildman–Crippen MR) is 70.3 cm³/mol. The molecule has 10 heteroatoms. The number of aryl methyl sites for hydroxylation is 1. The Kier molecular flexibility index (Phi) is 5.62. The van der Waals surface area contributed by atoms with Crippen LogP contribution in [0.1, 0.15) is 16.7 Å². The molecule has 0 amide bonds. The maximum Gasteiger partial charge on any atom is 0.397 e. The van der Waals surface area contributed by atoms with Crippen molar-refractivity contribution in [3.8, 4) is 0 Å². The molecule has 0 radical (unpaired) electrons. The van der Waals surface area contributed by atoms with E-state index in [-0.39, 0.29) is 19.6 Å². The fourth-order valence-corrected chi connectivity index (χ4v) is 2.09. The molecule has 0 atom stereocenters. The lowest BCUT2D eigenvalue weighted by atomic mass is 10.0. The predicted octanol–water partition coefficient (Wildman–Crippen LogP) is 0.0770. The lowest BCUT2D eigenvalue weighted by Gasteiger charge is -2.08. The number of rotatable bonds is 7. The van der Waals surface area contributed by atoms with E-state index in [9.17, 15) is 16.8 Å². The summed E-state index contributed by atoms with van der Waals surface area (Å²) in [5, 5.41) is 4.71. The third-order valence-corrected chi connectivity index (χ3v) is 3.32. The molecule has 0 saturated carbocycles.